The first kappa shape index (κ1) is 11.7. The number of aryl methyl sites for hydroxylation is 1. The molecule has 0 aliphatic rings. The molecule has 0 saturated carbocycles. The molecule has 4 nitrogen and oxygen atoms in total. The van der Waals surface area contributed by atoms with Crippen molar-refractivity contribution in [3.05, 3.63) is 36.0 Å². The van der Waals surface area contributed by atoms with Gasteiger partial charge in [-0.1, -0.05) is 18.2 Å². The summed E-state index contributed by atoms with van der Waals surface area (Å²) in [5.41, 5.74) is 1.79. The van der Waals surface area contributed by atoms with Gasteiger partial charge in [0.25, 0.3) is 0 Å². The largest absolute Gasteiger partial charge is 0.469 e. The number of carbonyl (C=O) groups is 1. The zero-order valence-electron chi connectivity index (χ0n) is 9.88. The molecule has 0 spiro atoms. The minimum absolute atomic E-state index is 0.0233. The summed E-state index contributed by atoms with van der Waals surface area (Å²) in [6.45, 7) is 0. The third kappa shape index (κ3) is 2.17. The van der Waals surface area contributed by atoms with Crippen LogP contribution in [0, 0.1) is 0 Å². The highest BCUT2D eigenvalue weighted by Gasteiger charge is 2.17. The molecule has 0 radical (unpaired) electrons. The van der Waals surface area contributed by atoms with Crippen LogP contribution in [-0.2, 0) is 16.6 Å². The summed E-state index contributed by atoms with van der Waals surface area (Å²) in [5.74, 6) is -0.412. The van der Waals surface area contributed by atoms with E-state index >= 15 is 0 Å². The number of methoxy groups -OCH3 is 1. The van der Waals surface area contributed by atoms with Gasteiger partial charge in [-0.25, -0.2) is 0 Å². The maximum absolute atomic E-state index is 11.1. The number of fused-ring (bicyclic) bond motifs is 1. The lowest BCUT2D eigenvalue weighted by Gasteiger charge is -2.07. The van der Waals surface area contributed by atoms with Crippen molar-refractivity contribution >= 4 is 16.9 Å². The number of aromatic nitrogens is 1. The normalized spacial score (nSPS) is 12.6. The minimum Gasteiger partial charge on any atom is -0.469 e. The highest BCUT2D eigenvalue weighted by atomic mass is 16.5. The van der Waals surface area contributed by atoms with E-state index in [1.807, 2.05) is 42.1 Å². The molecule has 1 aromatic heterocycles. The fourth-order valence-corrected chi connectivity index (χ4v) is 1.99. The summed E-state index contributed by atoms with van der Waals surface area (Å²) < 4.78 is 6.49. The summed E-state index contributed by atoms with van der Waals surface area (Å²) in [7, 11) is 3.23. The SMILES string of the molecule is COC(=O)C[C@@H](O)c1cn(C)c2ccccc12. The van der Waals surface area contributed by atoms with Gasteiger partial charge in [-0.3, -0.25) is 4.79 Å². The maximum atomic E-state index is 11.1. The van der Waals surface area contributed by atoms with Gasteiger partial charge >= 0.3 is 5.97 Å². The second kappa shape index (κ2) is 4.59. The molecule has 0 aliphatic heterocycles. The molecular weight excluding hydrogens is 218 g/mol. The quantitative estimate of drug-likeness (QED) is 0.822. The lowest BCUT2D eigenvalue weighted by atomic mass is 10.1. The summed E-state index contributed by atoms with van der Waals surface area (Å²) in [4.78, 5) is 11.1. The molecule has 17 heavy (non-hydrogen) atoms. The predicted molar refractivity (Wildman–Crippen MR) is 64.5 cm³/mol. The first-order chi connectivity index (χ1) is 8.13. The average molecular weight is 233 g/mol. The minimum atomic E-state index is -0.825. The van der Waals surface area contributed by atoms with E-state index in [-0.39, 0.29) is 6.42 Å². The van der Waals surface area contributed by atoms with Crippen LogP contribution in [-0.4, -0.2) is 22.8 Å². The van der Waals surface area contributed by atoms with Crippen molar-refractivity contribution in [1.29, 1.82) is 0 Å². The van der Waals surface area contributed by atoms with Crippen molar-refractivity contribution < 1.29 is 14.6 Å². The zero-order valence-corrected chi connectivity index (χ0v) is 9.88. The molecule has 1 N–H and O–H groups in total. The van der Waals surface area contributed by atoms with E-state index in [1.165, 1.54) is 7.11 Å². The highest BCUT2D eigenvalue weighted by molar-refractivity contribution is 5.85. The number of hydrogen-bond acceptors (Lipinski definition) is 3. The summed E-state index contributed by atoms with van der Waals surface area (Å²) in [6, 6.07) is 7.77. The number of aliphatic hydroxyl groups excluding tert-OH is 1. The molecule has 0 bridgehead atoms. The molecule has 0 amide bonds. The second-order valence-electron chi connectivity index (χ2n) is 4.01. The number of carbonyl (C=O) groups excluding carboxylic acids is 1. The van der Waals surface area contributed by atoms with Gasteiger partial charge in [-0.15, -0.1) is 0 Å². The predicted octanol–water partition coefficient (Wildman–Crippen LogP) is 1.77. The van der Waals surface area contributed by atoms with Crippen molar-refractivity contribution in [2.45, 2.75) is 12.5 Å². The van der Waals surface area contributed by atoms with Crippen LogP contribution >= 0.6 is 0 Å². The van der Waals surface area contributed by atoms with Crippen molar-refractivity contribution in [1.82, 2.24) is 4.57 Å². The van der Waals surface area contributed by atoms with Gasteiger partial charge in [-0.05, 0) is 6.07 Å². The highest BCUT2D eigenvalue weighted by Crippen LogP contribution is 2.27. The Bertz CT molecular complexity index is 545. The molecule has 2 aromatic rings. The van der Waals surface area contributed by atoms with Gasteiger partial charge in [0.1, 0.15) is 0 Å². The molecule has 1 atom stereocenters. The average Bonchev–Trinajstić information content (AvgIpc) is 2.67. The van der Waals surface area contributed by atoms with E-state index in [0.717, 1.165) is 16.5 Å². The van der Waals surface area contributed by atoms with Crippen molar-refractivity contribution in [3.8, 4) is 0 Å². The molecule has 0 fully saturated rings. The molecule has 2 rings (SSSR count). The number of ether oxygens (including phenoxy) is 1. The third-order valence-electron chi connectivity index (χ3n) is 2.87. The van der Waals surface area contributed by atoms with Crippen LogP contribution in [0.1, 0.15) is 18.1 Å². The van der Waals surface area contributed by atoms with Gasteiger partial charge < -0.3 is 14.4 Å². The van der Waals surface area contributed by atoms with Crippen LogP contribution in [0.2, 0.25) is 0 Å². The number of hydrogen-bond donors (Lipinski definition) is 1. The fourth-order valence-electron chi connectivity index (χ4n) is 1.99. The van der Waals surface area contributed by atoms with E-state index in [1.54, 1.807) is 0 Å². The Kier molecular flexibility index (Phi) is 3.15. The van der Waals surface area contributed by atoms with Crippen LogP contribution in [0.25, 0.3) is 10.9 Å². The van der Waals surface area contributed by atoms with Crippen LogP contribution in [0.3, 0.4) is 0 Å². The van der Waals surface area contributed by atoms with Crippen molar-refractivity contribution in [2.24, 2.45) is 7.05 Å². The Balaban J connectivity index is 2.38. The number of para-hydroxylation sites is 1. The van der Waals surface area contributed by atoms with E-state index in [4.69, 9.17) is 0 Å². The smallest absolute Gasteiger partial charge is 0.308 e. The fraction of sp³-hybridized carbons (Fsp3) is 0.308. The summed E-state index contributed by atoms with van der Waals surface area (Å²) >= 11 is 0. The first-order valence-corrected chi connectivity index (χ1v) is 5.42. The van der Waals surface area contributed by atoms with E-state index < -0.39 is 12.1 Å². The van der Waals surface area contributed by atoms with Gasteiger partial charge in [0.05, 0.1) is 19.6 Å². The number of benzene rings is 1. The van der Waals surface area contributed by atoms with Gasteiger partial charge in [0.2, 0.25) is 0 Å². The number of esters is 1. The molecule has 0 aliphatic carbocycles. The van der Waals surface area contributed by atoms with Crippen LogP contribution in [0.4, 0.5) is 0 Å². The van der Waals surface area contributed by atoms with E-state index in [9.17, 15) is 9.90 Å². The van der Waals surface area contributed by atoms with E-state index in [0.29, 0.717) is 0 Å². The monoisotopic (exact) mass is 233 g/mol. The summed E-state index contributed by atoms with van der Waals surface area (Å²) in [5, 5.41) is 11.0. The van der Waals surface area contributed by atoms with Crippen molar-refractivity contribution in [3.63, 3.8) is 0 Å². The third-order valence-corrected chi connectivity index (χ3v) is 2.87. The van der Waals surface area contributed by atoms with Gasteiger partial charge in [0, 0.05) is 29.7 Å². The number of nitrogens with zero attached hydrogens (tertiary/aromatic N) is 1. The Hall–Kier alpha value is -1.81. The Labute approximate surface area is 99.4 Å². The van der Waals surface area contributed by atoms with Crippen LogP contribution in [0.5, 0.6) is 0 Å². The molecule has 0 unspecified atom stereocenters. The Morgan fingerprint density at radius 2 is 2.18 bits per heavy atom. The number of aliphatic hydroxyl groups is 1. The zero-order chi connectivity index (χ0) is 12.4. The van der Waals surface area contributed by atoms with E-state index in [2.05, 4.69) is 4.74 Å². The van der Waals surface area contributed by atoms with Crippen LogP contribution < -0.4 is 0 Å². The molecule has 1 heterocycles. The second-order valence-corrected chi connectivity index (χ2v) is 4.01. The Morgan fingerprint density at radius 3 is 2.88 bits per heavy atom. The molecule has 90 valence electrons. The van der Waals surface area contributed by atoms with Crippen LogP contribution in [0.15, 0.2) is 30.5 Å². The molecule has 1 aromatic carbocycles. The molecular formula is C13H15NO3. The standard InChI is InChI=1S/C13H15NO3/c1-14-8-10(12(15)7-13(16)17-2)9-5-3-4-6-11(9)14/h3-6,8,12,15H,7H2,1-2H3/t12-/m1/s1. The molecule has 4 heteroatoms. The summed E-state index contributed by atoms with van der Waals surface area (Å²) in [6.07, 6.45) is 0.997. The topological polar surface area (TPSA) is 51.5 Å². The van der Waals surface area contributed by atoms with Gasteiger partial charge in [0.15, 0.2) is 0 Å². The van der Waals surface area contributed by atoms with Gasteiger partial charge in [-0.2, -0.15) is 0 Å². The van der Waals surface area contributed by atoms with Crippen molar-refractivity contribution in [2.75, 3.05) is 7.11 Å². The molecule has 0 saturated heterocycles. The first-order valence-electron chi connectivity index (χ1n) is 5.42. The lowest BCUT2D eigenvalue weighted by molar-refractivity contribution is -0.142. The Morgan fingerprint density at radius 1 is 1.47 bits per heavy atom. The lowest BCUT2D eigenvalue weighted by Crippen LogP contribution is -2.07. The number of rotatable bonds is 3. The maximum Gasteiger partial charge on any atom is 0.308 e.